The van der Waals surface area contributed by atoms with Crippen LogP contribution in [0.3, 0.4) is 0 Å². The van der Waals surface area contributed by atoms with Gasteiger partial charge in [0.05, 0.1) is 12.0 Å². The average molecular weight is 316 g/mol. The number of aliphatic carboxylic acids is 1. The summed E-state index contributed by atoms with van der Waals surface area (Å²) in [4.78, 5) is 17.9. The Bertz CT molecular complexity index is 564. The lowest BCUT2D eigenvalue weighted by atomic mass is 9.99. The fraction of sp³-hybridized carbons (Fsp3) is 0.667. The molecule has 0 radical (unpaired) electrons. The van der Waals surface area contributed by atoms with Crippen molar-refractivity contribution >= 4 is 16.2 Å². The van der Waals surface area contributed by atoms with Crippen LogP contribution in [0.4, 0.5) is 0 Å². The van der Waals surface area contributed by atoms with E-state index in [9.17, 15) is 13.2 Å². The molecule has 8 nitrogen and oxygen atoms in total. The third kappa shape index (κ3) is 3.80. The Hall–Kier alpha value is -1.45. The lowest BCUT2D eigenvalue weighted by molar-refractivity contribution is -0.142. The largest absolute Gasteiger partial charge is 0.481 e. The number of piperidine rings is 1. The zero-order valence-electron chi connectivity index (χ0n) is 11.8. The zero-order valence-corrected chi connectivity index (χ0v) is 12.6. The van der Waals surface area contributed by atoms with Crippen LogP contribution in [0.2, 0.25) is 0 Å². The number of hydrogen-bond donors (Lipinski definition) is 3. The highest BCUT2D eigenvalue weighted by Gasteiger charge is 2.32. The molecule has 1 aromatic rings. The van der Waals surface area contributed by atoms with E-state index in [1.54, 1.807) is 12.4 Å². The Morgan fingerprint density at radius 1 is 1.57 bits per heavy atom. The molecule has 3 N–H and O–H groups in total. The molecule has 0 amide bonds. The Kier molecular flexibility index (Phi) is 4.96. The second kappa shape index (κ2) is 6.54. The molecule has 9 heteroatoms. The predicted molar refractivity (Wildman–Crippen MR) is 75.6 cm³/mol. The lowest BCUT2D eigenvalue weighted by Crippen LogP contribution is -2.47. The molecule has 0 aliphatic carbocycles. The third-order valence-electron chi connectivity index (χ3n) is 3.69. The Labute approximate surface area is 123 Å². The van der Waals surface area contributed by atoms with Crippen LogP contribution >= 0.6 is 0 Å². The molecule has 0 aromatic carbocycles. The van der Waals surface area contributed by atoms with Gasteiger partial charge >= 0.3 is 5.97 Å². The van der Waals surface area contributed by atoms with Gasteiger partial charge in [-0.3, -0.25) is 4.79 Å². The molecule has 2 heterocycles. The van der Waals surface area contributed by atoms with Crippen molar-refractivity contribution in [3.63, 3.8) is 0 Å². The van der Waals surface area contributed by atoms with Crippen LogP contribution in [0.5, 0.6) is 0 Å². The van der Waals surface area contributed by atoms with Gasteiger partial charge in [-0.25, -0.2) is 4.98 Å². The van der Waals surface area contributed by atoms with Crippen LogP contribution in [-0.4, -0.2) is 46.9 Å². The van der Waals surface area contributed by atoms with Crippen LogP contribution in [0, 0.1) is 5.92 Å². The summed E-state index contributed by atoms with van der Waals surface area (Å²) >= 11 is 0. The van der Waals surface area contributed by atoms with Crippen molar-refractivity contribution in [1.82, 2.24) is 19.0 Å². The highest BCUT2D eigenvalue weighted by molar-refractivity contribution is 7.87. The summed E-state index contributed by atoms with van der Waals surface area (Å²) in [6, 6.07) is -0.415. The Balaban J connectivity index is 2.00. The first-order valence-corrected chi connectivity index (χ1v) is 8.37. The van der Waals surface area contributed by atoms with Gasteiger partial charge in [-0.1, -0.05) is 6.92 Å². The molecule has 1 aliphatic rings. The number of hydrogen-bond acceptors (Lipinski definition) is 4. The van der Waals surface area contributed by atoms with Crippen LogP contribution in [0.25, 0.3) is 0 Å². The number of carboxylic acids is 1. The van der Waals surface area contributed by atoms with Crippen molar-refractivity contribution in [3.8, 4) is 0 Å². The maximum absolute atomic E-state index is 12.4. The molecule has 0 saturated carbocycles. The molecule has 0 bridgehead atoms. The average Bonchev–Trinajstić information content (AvgIpc) is 2.99. The van der Waals surface area contributed by atoms with Crippen molar-refractivity contribution < 1.29 is 18.3 Å². The summed E-state index contributed by atoms with van der Waals surface area (Å²) in [7, 11) is -3.64. The highest BCUT2D eigenvalue weighted by Crippen LogP contribution is 2.21. The third-order valence-corrected chi connectivity index (χ3v) is 5.32. The van der Waals surface area contributed by atoms with Crippen molar-refractivity contribution in [1.29, 1.82) is 0 Å². The molecule has 1 unspecified atom stereocenters. The van der Waals surface area contributed by atoms with Crippen molar-refractivity contribution in [2.45, 2.75) is 32.2 Å². The van der Waals surface area contributed by atoms with Gasteiger partial charge in [-0.2, -0.15) is 17.4 Å². The van der Waals surface area contributed by atoms with E-state index >= 15 is 0 Å². The van der Waals surface area contributed by atoms with Gasteiger partial charge < -0.3 is 10.1 Å². The zero-order chi connectivity index (χ0) is 15.5. The number of carboxylic acid groups (broad SMARTS) is 1. The molecule has 1 saturated heterocycles. The summed E-state index contributed by atoms with van der Waals surface area (Å²) in [6.45, 7) is 2.31. The van der Waals surface area contributed by atoms with Crippen molar-refractivity contribution in [3.05, 3.63) is 18.2 Å². The maximum atomic E-state index is 12.4. The van der Waals surface area contributed by atoms with Crippen LogP contribution in [0.15, 0.2) is 12.4 Å². The highest BCUT2D eigenvalue weighted by atomic mass is 32.2. The molecular formula is C12H20N4O4S. The van der Waals surface area contributed by atoms with Gasteiger partial charge in [-0.15, -0.1) is 0 Å². The second-order valence-electron chi connectivity index (χ2n) is 5.07. The number of carbonyl (C=O) groups is 1. The lowest BCUT2D eigenvalue weighted by Gasteiger charge is -2.30. The normalized spacial score (nSPS) is 19.5. The van der Waals surface area contributed by atoms with E-state index in [1.807, 2.05) is 6.92 Å². The summed E-state index contributed by atoms with van der Waals surface area (Å²) in [5, 5.41) is 8.94. The number of nitrogens with zero attached hydrogens (tertiary/aromatic N) is 2. The number of imidazole rings is 1. The summed E-state index contributed by atoms with van der Waals surface area (Å²) in [5.74, 6) is -0.743. The van der Waals surface area contributed by atoms with Gasteiger partial charge in [-0.05, 0) is 19.3 Å². The number of rotatable bonds is 6. The number of H-pyrrole nitrogens is 1. The van der Waals surface area contributed by atoms with E-state index in [1.165, 1.54) is 4.31 Å². The molecule has 2 rings (SSSR count). The van der Waals surface area contributed by atoms with Crippen molar-refractivity contribution in [2.24, 2.45) is 5.92 Å². The van der Waals surface area contributed by atoms with E-state index in [-0.39, 0.29) is 13.1 Å². The van der Waals surface area contributed by atoms with E-state index in [0.29, 0.717) is 25.1 Å². The van der Waals surface area contributed by atoms with E-state index in [2.05, 4.69) is 14.7 Å². The molecule has 0 spiro atoms. The van der Waals surface area contributed by atoms with Crippen LogP contribution < -0.4 is 4.72 Å². The van der Waals surface area contributed by atoms with Crippen LogP contribution in [-0.2, 0) is 15.0 Å². The summed E-state index contributed by atoms with van der Waals surface area (Å²) in [6.07, 6.45) is 4.47. The molecule has 1 atom stereocenters. The standard InChI is InChI=1S/C12H20N4O4S/c1-2-10(11-13-5-6-14-11)15-21(19,20)16-7-3-9(4-8-16)12(17)18/h5-6,9-10,15H,2-4,7-8H2,1H3,(H,13,14)(H,17,18). The Morgan fingerprint density at radius 2 is 2.24 bits per heavy atom. The van der Waals surface area contributed by atoms with Crippen LogP contribution in [0.1, 0.15) is 38.1 Å². The van der Waals surface area contributed by atoms with Gasteiger partial charge in [0.25, 0.3) is 10.2 Å². The monoisotopic (exact) mass is 316 g/mol. The molecule has 1 fully saturated rings. The van der Waals surface area contributed by atoms with Gasteiger partial charge in [0.1, 0.15) is 5.82 Å². The Morgan fingerprint density at radius 3 is 2.71 bits per heavy atom. The summed E-state index contributed by atoms with van der Waals surface area (Å²) < 4.78 is 28.6. The molecule has 21 heavy (non-hydrogen) atoms. The molecular weight excluding hydrogens is 296 g/mol. The first-order valence-electron chi connectivity index (χ1n) is 6.93. The first-order chi connectivity index (χ1) is 9.94. The molecule has 1 aliphatic heterocycles. The minimum Gasteiger partial charge on any atom is -0.481 e. The van der Waals surface area contributed by atoms with E-state index in [0.717, 1.165) is 0 Å². The van der Waals surface area contributed by atoms with Gasteiger partial charge in [0.15, 0.2) is 0 Å². The predicted octanol–water partition coefficient (Wildman–Crippen LogP) is 0.492. The number of aromatic amines is 1. The quantitative estimate of drug-likeness (QED) is 0.706. The minimum atomic E-state index is -3.64. The number of nitrogens with one attached hydrogen (secondary N) is 2. The maximum Gasteiger partial charge on any atom is 0.306 e. The van der Waals surface area contributed by atoms with E-state index in [4.69, 9.17) is 5.11 Å². The van der Waals surface area contributed by atoms with Gasteiger partial charge in [0.2, 0.25) is 0 Å². The SMILES string of the molecule is CCC(NS(=O)(=O)N1CCC(C(=O)O)CC1)c1ncc[nH]1. The van der Waals surface area contributed by atoms with E-state index < -0.39 is 28.1 Å². The second-order valence-corrected chi connectivity index (χ2v) is 6.77. The molecule has 118 valence electrons. The molecule has 1 aromatic heterocycles. The fourth-order valence-electron chi connectivity index (χ4n) is 2.40. The fourth-order valence-corrected chi connectivity index (χ4v) is 3.88. The minimum absolute atomic E-state index is 0.223. The topological polar surface area (TPSA) is 115 Å². The summed E-state index contributed by atoms with van der Waals surface area (Å²) in [5.41, 5.74) is 0. The first kappa shape index (κ1) is 15.9. The van der Waals surface area contributed by atoms with Gasteiger partial charge in [0, 0.05) is 25.5 Å². The van der Waals surface area contributed by atoms with Crippen molar-refractivity contribution in [2.75, 3.05) is 13.1 Å². The smallest absolute Gasteiger partial charge is 0.306 e. The number of aromatic nitrogens is 2.